The summed E-state index contributed by atoms with van der Waals surface area (Å²) in [5, 5.41) is 2.07. The third-order valence-electron chi connectivity index (χ3n) is 4.61. The Bertz CT molecular complexity index is 1250. The summed E-state index contributed by atoms with van der Waals surface area (Å²) in [6.07, 6.45) is 1.72. The first-order chi connectivity index (χ1) is 15.9. The van der Waals surface area contributed by atoms with E-state index in [2.05, 4.69) is 5.43 Å². The van der Waals surface area contributed by atoms with Crippen molar-refractivity contribution in [3.05, 3.63) is 104 Å². The van der Waals surface area contributed by atoms with Crippen LogP contribution in [0.25, 0.3) is 6.08 Å². The Morgan fingerprint density at radius 1 is 1.03 bits per heavy atom. The average Bonchev–Trinajstić information content (AvgIpc) is 3.08. The molecule has 1 heterocycles. The second kappa shape index (κ2) is 10.4. The van der Waals surface area contributed by atoms with Crippen LogP contribution >= 0.6 is 47.2 Å². The van der Waals surface area contributed by atoms with Gasteiger partial charge in [-0.2, -0.15) is 5.01 Å². The molecule has 0 radical (unpaired) electrons. The summed E-state index contributed by atoms with van der Waals surface area (Å²) in [6.45, 7) is 0.343. The van der Waals surface area contributed by atoms with E-state index in [0.29, 0.717) is 32.9 Å². The summed E-state index contributed by atoms with van der Waals surface area (Å²) >= 11 is 18.4. The van der Waals surface area contributed by atoms with Crippen LogP contribution in [0.5, 0.6) is 5.75 Å². The first-order valence-electron chi connectivity index (χ1n) is 9.71. The molecule has 0 aliphatic carbocycles. The number of nitrogens with zero attached hydrogens (tertiary/aromatic N) is 1. The Kier molecular flexibility index (Phi) is 7.35. The van der Waals surface area contributed by atoms with Crippen LogP contribution in [0.1, 0.15) is 21.5 Å². The number of thiocarbonyl (C=S) groups is 1. The standard InChI is InChI=1S/C24H16Cl2N2O3S2/c25-19-11-8-16(12-20(19)26)14-31-18-9-6-15(7-10-18)13-21-23(30)28(24(32)33-21)27-22(29)17-4-2-1-3-5-17/h1-13H,14H2,(H,27,29)/b21-13+. The maximum Gasteiger partial charge on any atom is 0.285 e. The Balaban J connectivity index is 1.39. The quantitative estimate of drug-likeness (QED) is 0.317. The van der Waals surface area contributed by atoms with Crippen molar-refractivity contribution in [2.24, 2.45) is 0 Å². The van der Waals surface area contributed by atoms with Crippen molar-refractivity contribution >= 4 is 69.4 Å². The monoisotopic (exact) mass is 514 g/mol. The molecule has 1 N–H and O–H groups in total. The minimum atomic E-state index is -0.406. The molecule has 3 aromatic carbocycles. The van der Waals surface area contributed by atoms with Gasteiger partial charge in [-0.3, -0.25) is 15.0 Å². The van der Waals surface area contributed by atoms with Gasteiger partial charge in [0.1, 0.15) is 12.4 Å². The van der Waals surface area contributed by atoms with E-state index in [-0.39, 0.29) is 10.2 Å². The van der Waals surface area contributed by atoms with E-state index in [1.54, 1.807) is 54.6 Å². The lowest BCUT2D eigenvalue weighted by atomic mass is 10.2. The molecule has 1 aliphatic heterocycles. The van der Waals surface area contributed by atoms with Crippen molar-refractivity contribution in [1.29, 1.82) is 0 Å². The second-order valence-electron chi connectivity index (χ2n) is 6.93. The number of amides is 2. The molecule has 0 aromatic heterocycles. The predicted molar refractivity (Wildman–Crippen MR) is 136 cm³/mol. The van der Waals surface area contributed by atoms with Crippen molar-refractivity contribution in [3.63, 3.8) is 0 Å². The first kappa shape index (κ1) is 23.3. The molecule has 1 saturated heterocycles. The zero-order valence-electron chi connectivity index (χ0n) is 17.0. The van der Waals surface area contributed by atoms with Crippen LogP contribution in [0.15, 0.2) is 77.7 Å². The summed E-state index contributed by atoms with van der Waals surface area (Å²) in [5.41, 5.74) is 4.70. The molecule has 2 amide bonds. The van der Waals surface area contributed by atoms with Gasteiger partial charge in [0.05, 0.1) is 15.0 Å². The van der Waals surface area contributed by atoms with Gasteiger partial charge in [0.25, 0.3) is 11.8 Å². The fraction of sp³-hybridized carbons (Fsp3) is 0.0417. The fourth-order valence-corrected chi connectivity index (χ4v) is 4.43. The van der Waals surface area contributed by atoms with E-state index in [9.17, 15) is 9.59 Å². The fourth-order valence-electron chi connectivity index (χ4n) is 2.93. The van der Waals surface area contributed by atoms with Gasteiger partial charge in [-0.15, -0.1) is 0 Å². The number of hydrogen-bond donors (Lipinski definition) is 1. The van der Waals surface area contributed by atoms with Gasteiger partial charge in [-0.1, -0.05) is 71.4 Å². The van der Waals surface area contributed by atoms with Gasteiger partial charge >= 0.3 is 0 Å². The molecule has 0 unspecified atom stereocenters. The van der Waals surface area contributed by atoms with E-state index in [0.717, 1.165) is 27.9 Å². The Morgan fingerprint density at radius 2 is 1.76 bits per heavy atom. The maximum atomic E-state index is 12.8. The topological polar surface area (TPSA) is 58.6 Å². The summed E-state index contributed by atoms with van der Waals surface area (Å²) in [5.74, 6) is -0.119. The number of benzene rings is 3. The number of halogens is 2. The van der Waals surface area contributed by atoms with Gasteiger partial charge in [0, 0.05) is 5.56 Å². The number of thioether (sulfide) groups is 1. The molecule has 0 atom stereocenters. The summed E-state index contributed by atoms with van der Waals surface area (Å²) in [6, 6.07) is 21.2. The van der Waals surface area contributed by atoms with Crippen LogP contribution < -0.4 is 10.2 Å². The normalized spacial score (nSPS) is 14.6. The van der Waals surface area contributed by atoms with Crippen LogP contribution in [0.3, 0.4) is 0 Å². The Hall–Kier alpha value is -2.84. The lowest BCUT2D eigenvalue weighted by Crippen LogP contribution is -2.44. The number of rotatable bonds is 6. The molecular formula is C24H16Cl2N2O3S2. The van der Waals surface area contributed by atoms with E-state index in [4.69, 9.17) is 40.2 Å². The molecule has 0 bridgehead atoms. The van der Waals surface area contributed by atoms with Crippen molar-refractivity contribution in [2.75, 3.05) is 0 Å². The Morgan fingerprint density at radius 3 is 2.45 bits per heavy atom. The zero-order valence-corrected chi connectivity index (χ0v) is 20.1. The van der Waals surface area contributed by atoms with Crippen molar-refractivity contribution in [1.82, 2.24) is 10.4 Å². The smallest absolute Gasteiger partial charge is 0.285 e. The molecule has 1 aliphatic rings. The van der Waals surface area contributed by atoms with Gasteiger partial charge in [0.15, 0.2) is 4.32 Å². The van der Waals surface area contributed by atoms with Crippen LogP contribution in [0.4, 0.5) is 0 Å². The van der Waals surface area contributed by atoms with E-state index >= 15 is 0 Å². The summed E-state index contributed by atoms with van der Waals surface area (Å²) in [4.78, 5) is 25.5. The molecule has 5 nitrogen and oxygen atoms in total. The minimum Gasteiger partial charge on any atom is -0.489 e. The average molecular weight is 515 g/mol. The lowest BCUT2D eigenvalue weighted by molar-refractivity contribution is -0.123. The highest BCUT2D eigenvalue weighted by molar-refractivity contribution is 8.26. The third kappa shape index (κ3) is 5.75. The molecule has 9 heteroatoms. The molecule has 3 aromatic rings. The van der Waals surface area contributed by atoms with Crippen LogP contribution in [0, 0.1) is 0 Å². The van der Waals surface area contributed by atoms with Crippen LogP contribution in [-0.2, 0) is 11.4 Å². The highest BCUT2D eigenvalue weighted by Gasteiger charge is 2.33. The van der Waals surface area contributed by atoms with Crippen molar-refractivity contribution in [2.45, 2.75) is 6.61 Å². The number of carbonyl (C=O) groups is 2. The van der Waals surface area contributed by atoms with Gasteiger partial charge in [-0.05, 0) is 65.8 Å². The highest BCUT2D eigenvalue weighted by Crippen LogP contribution is 2.32. The van der Waals surface area contributed by atoms with Crippen molar-refractivity contribution in [3.8, 4) is 5.75 Å². The number of hydrazine groups is 1. The van der Waals surface area contributed by atoms with Crippen LogP contribution in [-0.4, -0.2) is 21.1 Å². The second-order valence-corrected chi connectivity index (χ2v) is 9.42. The van der Waals surface area contributed by atoms with Crippen molar-refractivity contribution < 1.29 is 14.3 Å². The molecule has 166 valence electrons. The third-order valence-corrected chi connectivity index (χ3v) is 6.65. The van der Waals surface area contributed by atoms with E-state index < -0.39 is 5.91 Å². The van der Waals surface area contributed by atoms with Crippen LogP contribution in [0.2, 0.25) is 10.0 Å². The molecular weight excluding hydrogens is 499 g/mol. The predicted octanol–water partition coefficient (Wildman–Crippen LogP) is 6.12. The number of ether oxygens (including phenoxy) is 1. The number of nitrogens with one attached hydrogen (secondary N) is 1. The molecule has 0 spiro atoms. The summed E-state index contributed by atoms with van der Waals surface area (Å²) in [7, 11) is 0. The molecule has 4 rings (SSSR count). The Labute approximate surface area is 210 Å². The highest BCUT2D eigenvalue weighted by atomic mass is 35.5. The lowest BCUT2D eigenvalue weighted by Gasteiger charge is -2.15. The van der Waals surface area contributed by atoms with Gasteiger partial charge < -0.3 is 4.74 Å². The number of carbonyl (C=O) groups excluding carboxylic acids is 2. The SMILES string of the molecule is O=C(NN1C(=O)/C(=C\c2ccc(OCc3ccc(Cl)c(Cl)c3)cc2)SC1=S)c1ccccc1. The molecule has 0 saturated carbocycles. The minimum absolute atomic E-state index is 0.261. The van der Waals surface area contributed by atoms with E-state index in [1.165, 1.54) is 0 Å². The molecule has 1 fully saturated rings. The maximum absolute atomic E-state index is 12.8. The van der Waals surface area contributed by atoms with E-state index in [1.807, 2.05) is 24.3 Å². The first-order valence-corrected chi connectivity index (χ1v) is 11.7. The number of hydrogen-bond acceptors (Lipinski definition) is 5. The zero-order chi connectivity index (χ0) is 23.4. The molecule has 33 heavy (non-hydrogen) atoms. The van der Waals surface area contributed by atoms with Gasteiger partial charge in [-0.25, -0.2) is 0 Å². The summed E-state index contributed by atoms with van der Waals surface area (Å²) < 4.78 is 6.04. The van der Waals surface area contributed by atoms with Gasteiger partial charge in [0.2, 0.25) is 0 Å². The largest absolute Gasteiger partial charge is 0.489 e.